The predicted octanol–water partition coefficient (Wildman–Crippen LogP) is 3.96. The molecule has 1 amide bonds. The van der Waals surface area contributed by atoms with Gasteiger partial charge in [-0.25, -0.2) is 0 Å². The molecule has 0 atom stereocenters. The summed E-state index contributed by atoms with van der Waals surface area (Å²) in [5.41, 5.74) is 5.74. The van der Waals surface area contributed by atoms with Gasteiger partial charge in [-0.15, -0.1) is 13.2 Å². The summed E-state index contributed by atoms with van der Waals surface area (Å²) in [5.74, 6) is -0.983. The van der Waals surface area contributed by atoms with Crippen molar-refractivity contribution in [2.45, 2.75) is 26.1 Å². The molecular formula is C17H15F3N4O3. The molecule has 0 saturated carbocycles. The molecule has 1 aromatic heterocycles. The van der Waals surface area contributed by atoms with Crippen LogP contribution in [0.5, 0.6) is 17.4 Å². The SMILES string of the molecule is CCCC(=O)Nc1ccc(Oc2ccc(C#N)c(OC(F)(F)F)c2)nc1N. The second-order valence-electron chi connectivity index (χ2n) is 5.30. The Morgan fingerprint density at radius 1 is 1.33 bits per heavy atom. The molecule has 142 valence electrons. The number of aromatic nitrogens is 1. The minimum Gasteiger partial charge on any atom is -0.439 e. The summed E-state index contributed by atoms with van der Waals surface area (Å²) in [6.45, 7) is 1.85. The number of amides is 1. The van der Waals surface area contributed by atoms with Crippen LogP contribution < -0.4 is 20.5 Å². The normalized spacial score (nSPS) is 10.8. The number of hydrogen-bond donors (Lipinski definition) is 2. The number of hydrogen-bond acceptors (Lipinski definition) is 6. The maximum Gasteiger partial charge on any atom is 0.573 e. The molecule has 0 saturated heterocycles. The molecule has 27 heavy (non-hydrogen) atoms. The zero-order valence-electron chi connectivity index (χ0n) is 14.1. The molecule has 0 aliphatic heterocycles. The number of carbonyl (C=O) groups excluding carboxylic acids is 1. The van der Waals surface area contributed by atoms with Crippen molar-refractivity contribution in [3.63, 3.8) is 0 Å². The molecule has 1 heterocycles. The van der Waals surface area contributed by atoms with Crippen molar-refractivity contribution in [1.29, 1.82) is 5.26 Å². The number of alkyl halides is 3. The fraction of sp³-hybridized carbons (Fsp3) is 0.235. The van der Waals surface area contributed by atoms with E-state index >= 15 is 0 Å². The number of benzene rings is 1. The summed E-state index contributed by atoms with van der Waals surface area (Å²) in [6, 6.07) is 7.78. The average Bonchev–Trinajstić information content (AvgIpc) is 2.56. The van der Waals surface area contributed by atoms with Gasteiger partial charge in [0.2, 0.25) is 11.8 Å². The van der Waals surface area contributed by atoms with Gasteiger partial charge in [0, 0.05) is 18.6 Å². The quantitative estimate of drug-likeness (QED) is 0.785. The third kappa shape index (κ3) is 5.78. The predicted molar refractivity (Wildman–Crippen MR) is 90.1 cm³/mol. The molecule has 2 aromatic rings. The van der Waals surface area contributed by atoms with Gasteiger partial charge in [0.05, 0.1) is 11.3 Å². The lowest BCUT2D eigenvalue weighted by Gasteiger charge is -2.13. The van der Waals surface area contributed by atoms with E-state index in [-0.39, 0.29) is 28.9 Å². The van der Waals surface area contributed by atoms with E-state index in [4.69, 9.17) is 15.7 Å². The van der Waals surface area contributed by atoms with E-state index in [1.54, 1.807) is 6.07 Å². The van der Waals surface area contributed by atoms with E-state index in [2.05, 4.69) is 15.0 Å². The van der Waals surface area contributed by atoms with Gasteiger partial charge in [-0.05, 0) is 24.6 Å². The first kappa shape index (κ1) is 19.8. The summed E-state index contributed by atoms with van der Waals surface area (Å²) < 4.78 is 46.5. The molecule has 0 radical (unpaired) electrons. The highest BCUT2D eigenvalue weighted by Crippen LogP contribution is 2.32. The minimum atomic E-state index is -4.95. The zero-order chi connectivity index (χ0) is 20.0. The number of rotatable bonds is 6. The van der Waals surface area contributed by atoms with Crippen molar-refractivity contribution in [2.75, 3.05) is 11.1 Å². The molecule has 7 nitrogen and oxygen atoms in total. The molecule has 0 unspecified atom stereocenters. The highest BCUT2D eigenvalue weighted by Gasteiger charge is 2.32. The van der Waals surface area contributed by atoms with Gasteiger partial charge in [0.15, 0.2) is 11.6 Å². The lowest BCUT2D eigenvalue weighted by molar-refractivity contribution is -0.274. The van der Waals surface area contributed by atoms with Crippen LogP contribution in [0.25, 0.3) is 0 Å². The van der Waals surface area contributed by atoms with E-state index < -0.39 is 12.1 Å². The number of halogens is 3. The fourth-order valence-electron chi connectivity index (χ4n) is 2.05. The molecule has 0 bridgehead atoms. The van der Waals surface area contributed by atoms with Crippen molar-refractivity contribution < 1.29 is 27.4 Å². The van der Waals surface area contributed by atoms with E-state index in [9.17, 15) is 18.0 Å². The number of nitrogen functional groups attached to an aromatic ring is 1. The molecule has 0 aliphatic carbocycles. The minimum absolute atomic E-state index is 0.0105. The Labute approximate surface area is 152 Å². The van der Waals surface area contributed by atoms with Gasteiger partial charge < -0.3 is 20.5 Å². The summed E-state index contributed by atoms with van der Waals surface area (Å²) >= 11 is 0. The van der Waals surface area contributed by atoms with Crippen LogP contribution in [0, 0.1) is 11.3 Å². The monoisotopic (exact) mass is 380 g/mol. The van der Waals surface area contributed by atoms with Gasteiger partial charge >= 0.3 is 6.36 Å². The molecular weight excluding hydrogens is 365 g/mol. The van der Waals surface area contributed by atoms with Crippen molar-refractivity contribution >= 4 is 17.4 Å². The number of nitriles is 1. The number of anilines is 2. The number of ether oxygens (including phenoxy) is 2. The molecule has 2 rings (SSSR count). The second kappa shape index (κ2) is 8.27. The molecule has 1 aromatic carbocycles. The van der Waals surface area contributed by atoms with Crippen molar-refractivity contribution in [3.8, 4) is 23.4 Å². The van der Waals surface area contributed by atoms with Crippen molar-refractivity contribution in [1.82, 2.24) is 4.98 Å². The van der Waals surface area contributed by atoms with Crippen molar-refractivity contribution in [3.05, 3.63) is 35.9 Å². The maximum atomic E-state index is 12.4. The maximum absolute atomic E-state index is 12.4. The summed E-state index contributed by atoms with van der Waals surface area (Å²) in [5, 5.41) is 11.5. The summed E-state index contributed by atoms with van der Waals surface area (Å²) in [7, 11) is 0. The van der Waals surface area contributed by atoms with Crippen molar-refractivity contribution in [2.24, 2.45) is 0 Å². The number of nitrogens with two attached hydrogens (primary N) is 1. The third-order valence-corrected chi connectivity index (χ3v) is 3.17. The summed E-state index contributed by atoms with van der Waals surface area (Å²) in [4.78, 5) is 15.5. The van der Waals surface area contributed by atoms with Crippen LogP contribution in [0.2, 0.25) is 0 Å². The second-order valence-corrected chi connectivity index (χ2v) is 5.30. The van der Waals surface area contributed by atoms with Crippen LogP contribution in [-0.2, 0) is 4.79 Å². The Bertz CT molecular complexity index is 879. The summed E-state index contributed by atoms with van der Waals surface area (Å²) in [6.07, 6.45) is -3.96. The Morgan fingerprint density at radius 2 is 2.07 bits per heavy atom. The number of nitrogens with zero attached hydrogens (tertiary/aromatic N) is 2. The smallest absolute Gasteiger partial charge is 0.439 e. The lowest BCUT2D eigenvalue weighted by atomic mass is 10.2. The highest BCUT2D eigenvalue weighted by molar-refractivity contribution is 5.93. The van der Waals surface area contributed by atoms with Crippen LogP contribution >= 0.6 is 0 Å². The van der Waals surface area contributed by atoms with Gasteiger partial charge in [-0.3, -0.25) is 4.79 Å². The van der Waals surface area contributed by atoms with Gasteiger partial charge in [0.1, 0.15) is 11.8 Å². The van der Waals surface area contributed by atoms with Crippen LogP contribution in [0.15, 0.2) is 30.3 Å². The first-order valence-electron chi connectivity index (χ1n) is 7.76. The Morgan fingerprint density at radius 3 is 2.67 bits per heavy atom. The topological polar surface area (TPSA) is 110 Å². The number of pyridine rings is 1. The molecule has 3 N–H and O–H groups in total. The van der Waals surface area contributed by atoms with E-state index in [1.807, 2.05) is 6.92 Å². The van der Waals surface area contributed by atoms with Crippen LogP contribution in [0.3, 0.4) is 0 Å². The zero-order valence-corrected chi connectivity index (χ0v) is 14.1. The van der Waals surface area contributed by atoms with E-state index in [1.165, 1.54) is 18.2 Å². The number of nitrogens with one attached hydrogen (secondary N) is 1. The van der Waals surface area contributed by atoms with Gasteiger partial charge in [0.25, 0.3) is 0 Å². The highest BCUT2D eigenvalue weighted by atomic mass is 19.4. The Balaban J connectivity index is 2.19. The average molecular weight is 380 g/mol. The van der Waals surface area contributed by atoms with Gasteiger partial charge in [-0.2, -0.15) is 10.2 Å². The van der Waals surface area contributed by atoms with Gasteiger partial charge in [-0.1, -0.05) is 6.92 Å². The standard InChI is InChI=1S/C17H15F3N4O3/c1-2-3-14(25)23-12-6-7-15(24-16(12)22)26-11-5-4-10(9-21)13(8-11)27-17(18,19)20/h4-8H,2-3H2,1H3,(H2,22,24)(H,23,25). The van der Waals surface area contributed by atoms with Crippen LogP contribution in [0.4, 0.5) is 24.7 Å². The lowest BCUT2D eigenvalue weighted by Crippen LogP contribution is -2.17. The molecule has 0 spiro atoms. The molecule has 0 aliphatic rings. The van der Waals surface area contributed by atoms with E-state index in [0.29, 0.717) is 18.5 Å². The first-order chi connectivity index (χ1) is 12.7. The van der Waals surface area contributed by atoms with E-state index in [0.717, 1.165) is 12.1 Å². The third-order valence-electron chi connectivity index (χ3n) is 3.17. The Kier molecular flexibility index (Phi) is 6.07. The number of carbonyl (C=O) groups is 1. The first-order valence-corrected chi connectivity index (χ1v) is 7.76. The van der Waals surface area contributed by atoms with Crippen LogP contribution in [0.1, 0.15) is 25.3 Å². The largest absolute Gasteiger partial charge is 0.573 e. The fourth-order valence-corrected chi connectivity index (χ4v) is 2.05. The Hall–Kier alpha value is -3.48. The molecule has 0 fully saturated rings. The molecule has 10 heteroatoms. The van der Waals surface area contributed by atoms with Crippen LogP contribution in [-0.4, -0.2) is 17.3 Å².